The third-order valence-corrected chi connectivity index (χ3v) is 6.26. The highest BCUT2D eigenvalue weighted by Crippen LogP contribution is 2.26. The van der Waals surface area contributed by atoms with Gasteiger partial charge in [0.15, 0.2) is 0 Å². The topological polar surface area (TPSA) is 87.7 Å². The maximum absolute atomic E-state index is 14.2. The Balaban J connectivity index is 3.49. The molecule has 0 aromatic heterocycles. The summed E-state index contributed by atoms with van der Waals surface area (Å²) < 4.78 is 5.48. The monoisotopic (exact) mass is 531 g/mol. The number of carbonyl (C=O) groups is 3. The molecule has 1 rings (SSSR count). The van der Waals surface area contributed by atoms with Gasteiger partial charge in [-0.3, -0.25) is 9.59 Å². The van der Waals surface area contributed by atoms with Crippen LogP contribution in [0.4, 0.5) is 4.79 Å². The van der Waals surface area contributed by atoms with Gasteiger partial charge in [0.25, 0.3) is 0 Å². The molecule has 0 fully saturated rings. The van der Waals surface area contributed by atoms with E-state index in [4.69, 9.17) is 4.74 Å². The van der Waals surface area contributed by atoms with Gasteiger partial charge in [-0.2, -0.15) is 0 Å². The largest absolute Gasteiger partial charge is 0.444 e. The minimum atomic E-state index is -0.802. The van der Waals surface area contributed by atoms with Crippen molar-refractivity contribution in [3.63, 3.8) is 0 Å². The van der Waals surface area contributed by atoms with Gasteiger partial charge in [0.1, 0.15) is 17.7 Å². The third-order valence-electron chi connectivity index (χ3n) is 6.26. The number of nitrogens with zero attached hydrogens (tertiary/aromatic N) is 1. The molecule has 0 spiro atoms. The maximum atomic E-state index is 14.2. The molecule has 1 aromatic carbocycles. The molecule has 0 aliphatic carbocycles. The van der Waals surface area contributed by atoms with E-state index >= 15 is 0 Å². The van der Waals surface area contributed by atoms with E-state index in [-0.39, 0.29) is 23.8 Å². The minimum absolute atomic E-state index is 0.0109. The van der Waals surface area contributed by atoms with Crippen molar-refractivity contribution in [1.82, 2.24) is 15.5 Å². The highest BCUT2D eigenvalue weighted by atomic mass is 16.6. The van der Waals surface area contributed by atoms with E-state index in [9.17, 15) is 14.4 Å². The number of aryl methyl sites for hydroxylation is 1. The Bertz CT molecular complexity index is 878. The zero-order valence-electron chi connectivity index (χ0n) is 25.4. The lowest BCUT2D eigenvalue weighted by atomic mass is 9.97. The van der Waals surface area contributed by atoms with Gasteiger partial charge in [0, 0.05) is 12.6 Å². The molecule has 0 saturated carbocycles. The van der Waals surface area contributed by atoms with Crippen molar-refractivity contribution in [2.75, 3.05) is 6.54 Å². The van der Waals surface area contributed by atoms with Gasteiger partial charge in [0.2, 0.25) is 11.8 Å². The summed E-state index contributed by atoms with van der Waals surface area (Å²) in [5.74, 6) is -0.302. The Morgan fingerprint density at radius 3 is 2.21 bits per heavy atom. The molecular weight excluding hydrogens is 478 g/mol. The fourth-order valence-corrected chi connectivity index (χ4v) is 4.56. The Morgan fingerprint density at radius 2 is 1.66 bits per heavy atom. The van der Waals surface area contributed by atoms with Crippen LogP contribution >= 0.6 is 0 Å². The highest BCUT2D eigenvalue weighted by molar-refractivity contribution is 5.92. The fraction of sp³-hybridized carbons (Fsp3) is 0.710. The molecule has 0 aliphatic rings. The number of amides is 3. The summed E-state index contributed by atoms with van der Waals surface area (Å²) >= 11 is 0. The molecule has 7 nitrogen and oxygen atoms in total. The van der Waals surface area contributed by atoms with Gasteiger partial charge in [0.05, 0.1) is 0 Å². The zero-order valence-corrected chi connectivity index (χ0v) is 25.4. The van der Waals surface area contributed by atoms with Crippen LogP contribution in [-0.4, -0.2) is 47.0 Å². The molecule has 0 radical (unpaired) electrons. The second-order valence-corrected chi connectivity index (χ2v) is 11.9. The summed E-state index contributed by atoms with van der Waals surface area (Å²) in [5, 5.41) is 5.96. The number of alkyl carbamates (subject to hydrolysis) is 1. The summed E-state index contributed by atoms with van der Waals surface area (Å²) in [6, 6.07) is 6.18. The van der Waals surface area contributed by atoms with Crippen molar-refractivity contribution in [3.8, 4) is 0 Å². The van der Waals surface area contributed by atoms with Crippen LogP contribution in [-0.2, 0) is 14.3 Å². The minimum Gasteiger partial charge on any atom is -0.444 e. The van der Waals surface area contributed by atoms with E-state index in [1.807, 2.05) is 52.0 Å². The van der Waals surface area contributed by atoms with E-state index in [1.54, 1.807) is 25.7 Å². The van der Waals surface area contributed by atoms with Crippen LogP contribution in [0, 0.1) is 12.8 Å². The molecule has 38 heavy (non-hydrogen) atoms. The average molecular weight is 532 g/mol. The Labute approximate surface area is 231 Å². The second kappa shape index (κ2) is 16.4. The Hall–Kier alpha value is -2.57. The van der Waals surface area contributed by atoms with Gasteiger partial charge < -0.3 is 20.3 Å². The molecular formula is C31H53N3O4. The summed E-state index contributed by atoms with van der Waals surface area (Å²) in [7, 11) is 0. The van der Waals surface area contributed by atoms with Crippen molar-refractivity contribution < 1.29 is 19.1 Å². The highest BCUT2D eigenvalue weighted by Gasteiger charge is 2.36. The number of nitrogens with one attached hydrogen (secondary N) is 2. The van der Waals surface area contributed by atoms with Crippen LogP contribution in [0.2, 0.25) is 0 Å². The number of benzene rings is 1. The van der Waals surface area contributed by atoms with Crippen LogP contribution in [0.1, 0.15) is 118 Å². The predicted octanol–water partition coefficient (Wildman–Crippen LogP) is 6.69. The number of ether oxygens (including phenoxy) is 1. The Morgan fingerprint density at radius 1 is 0.974 bits per heavy atom. The van der Waals surface area contributed by atoms with E-state index < -0.39 is 23.8 Å². The quantitative estimate of drug-likeness (QED) is 0.247. The first-order chi connectivity index (χ1) is 17.8. The van der Waals surface area contributed by atoms with Crippen LogP contribution in [0.3, 0.4) is 0 Å². The molecule has 0 bridgehead atoms. The molecule has 1 aromatic rings. The molecule has 0 heterocycles. The zero-order chi connectivity index (χ0) is 28.9. The molecule has 3 amide bonds. The first-order valence-electron chi connectivity index (χ1n) is 14.5. The fourth-order valence-electron chi connectivity index (χ4n) is 4.56. The van der Waals surface area contributed by atoms with E-state index in [0.717, 1.165) is 49.7 Å². The molecule has 3 unspecified atom stereocenters. The van der Waals surface area contributed by atoms with Gasteiger partial charge in [-0.05, 0) is 65.4 Å². The first-order valence-corrected chi connectivity index (χ1v) is 14.5. The lowest BCUT2D eigenvalue weighted by molar-refractivity contribution is -0.143. The SMILES string of the molecule is CCCCCCN(C(=O)C(CC(C)C)NC(=O)OC(C)(C)C)C(C(=O)NC(C)CCC)c1cccc(C)c1. The smallest absolute Gasteiger partial charge is 0.408 e. The number of rotatable bonds is 15. The van der Waals surface area contributed by atoms with Crippen molar-refractivity contribution in [1.29, 1.82) is 0 Å². The third kappa shape index (κ3) is 12.3. The lowest BCUT2D eigenvalue weighted by Gasteiger charge is -2.35. The van der Waals surface area contributed by atoms with Gasteiger partial charge in [-0.15, -0.1) is 0 Å². The maximum Gasteiger partial charge on any atom is 0.408 e. The van der Waals surface area contributed by atoms with Crippen molar-refractivity contribution in [2.45, 2.75) is 131 Å². The molecule has 3 atom stereocenters. The van der Waals surface area contributed by atoms with Crippen LogP contribution in [0.15, 0.2) is 24.3 Å². The first kappa shape index (κ1) is 33.5. The van der Waals surface area contributed by atoms with Crippen LogP contribution in [0.25, 0.3) is 0 Å². The predicted molar refractivity (Wildman–Crippen MR) is 155 cm³/mol. The second-order valence-electron chi connectivity index (χ2n) is 11.9. The summed E-state index contributed by atoms with van der Waals surface area (Å²) in [5.41, 5.74) is 1.11. The average Bonchev–Trinajstić information content (AvgIpc) is 2.78. The normalized spacial score (nSPS) is 13.9. The molecule has 0 saturated heterocycles. The summed E-state index contributed by atoms with van der Waals surface area (Å²) in [6.45, 7) is 18.0. The molecule has 7 heteroatoms. The van der Waals surface area contributed by atoms with E-state index in [0.29, 0.717) is 13.0 Å². The molecule has 216 valence electrons. The van der Waals surface area contributed by atoms with Gasteiger partial charge in [-0.1, -0.05) is 83.2 Å². The number of carbonyl (C=O) groups excluding carboxylic acids is 3. The van der Waals surface area contributed by atoms with Crippen molar-refractivity contribution >= 4 is 17.9 Å². The van der Waals surface area contributed by atoms with Gasteiger partial charge in [-0.25, -0.2) is 4.79 Å². The van der Waals surface area contributed by atoms with Crippen LogP contribution in [0.5, 0.6) is 0 Å². The van der Waals surface area contributed by atoms with E-state index in [1.165, 1.54) is 0 Å². The van der Waals surface area contributed by atoms with Crippen LogP contribution < -0.4 is 10.6 Å². The summed E-state index contributed by atoms with van der Waals surface area (Å²) in [4.78, 5) is 42.5. The number of hydrogen-bond acceptors (Lipinski definition) is 4. The van der Waals surface area contributed by atoms with Crippen molar-refractivity contribution in [3.05, 3.63) is 35.4 Å². The lowest BCUT2D eigenvalue weighted by Crippen LogP contribution is -2.54. The number of hydrogen-bond donors (Lipinski definition) is 2. The van der Waals surface area contributed by atoms with Gasteiger partial charge >= 0.3 is 6.09 Å². The molecule has 2 N–H and O–H groups in total. The summed E-state index contributed by atoms with van der Waals surface area (Å²) in [6.07, 6.45) is 5.49. The number of unbranched alkanes of at least 4 members (excludes halogenated alkanes) is 3. The van der Waals surface area contributed by atoms with E-state index in [2.05, 4.69) is 24.5 Å². The van der Waals surface area contributed by atoms with Crippen molar-refractivity contribution in [2.24, 2.45) is 5.92 Å². The Kier molecular flexibility index (Phi) is 14.4. The standard InChI is InChI=1S/C31H53N3O4/c1-10-12-13-14-19-34(29(36)26(20-22(3)4)33-30(37)38-31(7,8)9)27(25-18-15-17-23(5)21-25)28(35)32-24(6)16-11-2/h15,17-18,21-22,24,26-27H,10-14,16,19-20H2,1-9H3,(H,32,35)(H,33,37). The molecule has 0 aliphatic heterocycles.